The maximum absolute atomic E-state index is 12.7. The third kappa shape index (κ3) is 6.43. The number of aromatic amines is 1. The van der Waals surface area contributed by atoms with E-state index in [1.54, 1.807) is 24.1 Å². The number of aliphatic hydroxyl groups is 1. The van der Waals surface area contributed by atoms with Crippen LogP contribution in [-0.4, -0.2) is 51.9 Å². The van der Waals surface area contributed by atoms with Crippen molar-refractivity contribution < 1.29 is 23.4 Å². The second-order valence-corrected chi connectivity index (χ2v) is 9.04. The normalized spacial score (nSPS) is 18.6. The smallest absolute Gasteiger partial charge is 0.387 e. The molecule has 3 atom stereocenters. The van der Waals surface area contributed by atoms with Gasteiger partial charge in [0.05, 0.1) is 18.3 Å². The second kappa shape index (κ2) is 11.0. The molecule has 1 aromatic heterocycles. The predicted octanol–water partition coefficient (Wildman–Crippen LogP) is 3.99. The van der Waals surface area contributed by atoms with E-state index in [0.717, 1.165) is 36.2 Å². The lowest BCUT2D eigenvalue weighted by Crippen LogP contribution is -2.35. The van der Waals surface area contributed by atoms with Crippen LogP contribution in [0.2, 0.25) is 0 Å². The van der Waals surface area contributed by atoms with Gasteiger partial charge in [0, 0.05) is 30.4 Å². The van der Waals surface area contributed by atoms with Gasteiger partial charge in [-0.15, -0.1) is 0 Å². The van der Waals surface area contributed by atoms with Crippen LogP contribution in [0.15, 0.2) is 54.6 Å². The molecule has 0 bridgehead atoms. The van der Waals surface area contributed by atoms with Crippen LogP contribution in [0, 0.1) is 6.92 Å². The number of nitrogens with one attached hydrogen (secondary N) is 2. The first-order valence-corrected chi connectivity index (χ1v) is 11.6. The molecule has 0 aliphatic carbocycles. The number of aryl methyl sites for hydroxylation is 1. The standard InChI is InChI=1S/C26H30F2N4O3/c1-16-13-21(31-30-16)15-32(2)25(34)19-5-3-17(4-6-19)14-20-9-12-23(29-20)24(33)18-7-10-22(11-8-18)35-26(27)28/h3-8,10-11,13,20,23-24,26,29,33H,9,12,14-15H2,1-2H3,(H,30,31). The molecular formula is C26H30F2N4O3. The van der Waals surface area contributed by atoms with Crippen molar-refractivity contribution in [2.45, 2.75) is 57.5 Å². The van der Waals surface area contributed by atoms with Gasteiger partial charge in [-0.25, -0.2) is 0 Å². The third-order valence-electron chi connectivity index (χ3n) is 6.29. The Bertz CT molecular complexity index is 1120. The number of rotatable bonds is 9. The molecule has 3 N–H and O–H groups in total. The number of halogens is 2. The Balaban J connectivity index is 1.28. The molecule has 1 fully saturated rings. The lowest BCUT2D eigenvalue weighted by molar-refractivity contribution is -0.0498. The number of aliphatic hydroxyl groups excluding tert-OH is 1. The summed E-state index contributed by atoms with van der Waals surface area (Å²) in [4.78, 5) is 14.4. The third-order valence-corrected chi connectivity index (χ3v) is 6.29. The molecule has 3 aromatic rings. The Hall–Kier alpha value is -3.30. The largest absolute Gasteiger partial charge is 0.435 e. The number of hydrogen-bond donors (Lipinski definition) is 3. The van der Waals surface area contributed by atoms with Crippen LogP contribution in [0.5, 0.6) is 5.75 Å². The van der Waals surface area contributed by atoms with Crippen molar-refractivity contribution in [1.29, 1.82) is 0 Å². The zero-order chi connectivity index (χ0) is 24.9. The molecule has 3 unspecified atom stereocenters. The van der Waals surface area contributed by atoms with Gasteiger partial charge in [0.15, 0.2) is 0 Å². The molecule has 9 heteroatoms. The van der Waals surface area contributed by atoms with Gasteiger partial charge in [-0.05, 0) is 67.6 Å². The van der Waals surface area contributed by atoms with Gasteiger partial charge in [-0.3, -0.25) is 9.89 Å². The van der Waals surface area contributed by atoms with Crippen LogP contribution in [-0.2, 0) is 13.0 Å². The SMILES string of the molecule is Cc1cc(CN(C)C(=O)c2ccc(CC3CCC(C(O)c4ccc(OC(F)F)cc4)N3)cc2)n[nH]1. The number of carbonyl (C=O) groups is 1. The van der Waals surface area contributed by atoms with Crippen molar-refractivity contribution in [2.24, 2.45) is 0 Å². The lowest BCUT2D eigenvalue weighted by Gasteiger charge is -2.21. The highest BCUT2D eigenvalue weighted by atomic mass is 19.3. The van der Waals surface area contributed by atoms with Crippen molar-refractivity contribution in [3.63, 3.8) is 0 Å². The molecule has 2 aromatic carbocycles. The fourth-order valence-electron chi connectivity index (χ4n) is 4.50. The number of carbonyl (C=O) groups excluding carboxylic acids is 1. The average Bonchev–Trinajstić information content (AvgIpc) is 3.47. The quantitative estimate of drug-likeness (QED) is 0.427. The van der Waals surface area contributed by atoms with Crippen molar-refractivity contribution in [2.75, 3.05) is 7.05 Å². The molecule has 7 nitrogen and oxygen atoms in total. The Morgan fingerprint density at radius 3 is 2.51 bits per heavy atom. The number of ether oxygens (including phenoxy) is 1. The van der Waals surface area contributed by atoms with Crippen molar-refractivity contribution in [3.05, 3.63) is 82.7 Å². The van der Waals surface area contributed by atoms with E-state index in [4.69, 9.17) is 0 Å². The van der Waals surface area contributed by atoms with Crippen LogP contribution >= 0.6 is 0 Å². The first-order chi connectivity index (χ1) is 16.8. The van der Waals surface area contributed by atoms with Gasteiger partial charge in [0.2, 0.25) is 0 Å². The van der Waals surface area contributed by atoms with E-state index in [9.17, 15) is 18.7 Å². The molecular weight excluding hydrogens is 454 g/mol. The average molecular weight is 485 g/mol. The van der Waals surface area contributed by atoms with Gasteiger partial charge in [-0.2, -0.15) is 13.9 Å². The summed E-state index contributed by atoms with van der Waals surface area (Å²) in [6, 6.07) is 15.7. The van der Waals surface area contributed by atoms with E-state index in [0.29, 0.717) is 17.7 Å². The molecule has 0 saturated carbocycles. The van der Waals surface area contributed by atoms with E-state index in [-0.39, 0.29) is 23.7 Å². The number of hydrogen-bond acceptors (Lipinski definition) is 5. The number of aromatic nitrogens is 2. The molecule has 0 radical (unpaired) electrons. The predicted molar refractivity (Wildman–Crippen MR) is 127 cm³/mol. The van der Waals surface area contributed by atoms with Gasteiger partial charge in [0.25, 0.3) is 5.91 Å². The van der Waals surface area contributed by atoms with Gasteiger partial charge in [0.1, 0.15) is 5.75 Å². The van der Waals surface area contributed by atoms with Crippen molar-refractivity contribution in [3.8, 4) is 5.75 Å². The molecule has 0 spiro atoms. The van der Waals surface area contributed by atoms with E-state index >= 15 is 0 Å². The van der Waals surface area contributed by atoms with Crippen molar-refractivity contribution >= 4 is 5.91 Å². The lowest BCUT2D eigenvalue weighted by atomic mass is 10.0. The fraction of sp³-hybridized carbons (Fsp3) is 0.385. The highest BCUT2D eigenvalue weighted by molar-refractivity contribution is 5.94. The molecule has 2 heterocycles. The van der Waals surface area contributed by atoms with E-state index in [1.165, 1.54) is 12.1 Å². The highest BCUT2D eigenvalue weighted by Crippen LogP contribution is 2.28. The van der Waals surface area contributed by atoms with Crippen LogP contribution < -0.4 is 10.1 Å². The summed E-state index contributed by atoms with van der Waals surface area (Å²) in [6.07, 6.45) is 1.74. The van der Waals surface area contributed by atoms with Crippen LogP contribution in [0.25, 0.3) is 0 Å². The molecule has 35 heavy (non-hydrogen) atoms. The van der Waals surface area contributed by atoms with Gasteiger partial charge < -0.3 is 20.1 Å². The van der Waals surface area contributed by atoms with Gasteiger partial charge in [-0.1, -0.05) is 24.3 Å². The number of alkyl halides is 2. The van der Waals surface area contributed by atoms with Crippen LogP contribution in [0.1, 0.15) is 51.8 Å². The Labute approximate surface area is 203 Å². The Kier molecular flexibility index (Phi) is 7.77. The Morgan fingerprint density at radius 2 is 1.89 bits per heavy atom. The summed E-state index contributed by atoms with van der Waals surface area (Å²) in [5.74, 6) is 0.00177. The summed E-state index contributed by atoms with van der Waals surface area (Å²) in [5.41, 5.74) is 4.15. The van der Waals surface area contributed by atoms with Crippen LogP contribution in [0.3, 0.4) is 0 Å². The molecule has 1 aliphatic rings. The highest BCUT2D eigenvalue weighted by Gasteiger charge is 2.30. The number of H-pyrrole nitrogens is 1. The topological polar surface area (TPSA) is 90.5 Å². The number of benzene rings is 2. The van der Waals surface area contributed by atoms with E-state index in [2.05, 4.69) is 20.3 Å². The molecule has 186 valence electrons. The minimum absolute atomic E-state index is 0.0654. The second-order valence-electron chi connectivity index (χ2n) is 9.04. The molecule has 1 aliphatic heterocycles. The minimum atomic E-state index is -2.87. The maximum atomic E-state index is 12.7. The van der Waals surface area contributed by atoms with E-state index < -0.39 is 12.7 Å². The fourth-order valence-corrected chi connectivity index (χ4v) is 4.50. The first kappa shape index (κ1) is 24.8. The maximum Gasteiger partial charge on any atom is 0.387 e. The summed E-state index contributed by atoms with van der Waals surface area (Å²) >= 11 is 0. The molecule has 1 amide bonds. The molecule has 1 saturated heterocycles. The molecule has 4 rings (SSSR count). The van der Waals surface area contributed by atoms with Crippen LogP contribution in [0.4, 0.5) is 8.78 Å². The number of amides is 1. The minimum Gasteiger partial charge on any atom is -0.435 e. The summed E-state index contributed by atoms with van der Waals surface area (Å²) in [5, 5.41) is 21.3. The number of nitrogens with zero attached hydrogens (tertiary/aromatic N) is 2. The summed E-state index contributed by atoms with van der Waals surface area (Å²) in [6.45, 7) is -0.518. The van der Waals surface area contributed by atoms with E-state index in [1.807, 2.05) is 37.3 Å². The monoisotopic (exact) mass is 484 g/mol. The summed E-state index contributed by atoms with van der Waals surface area (Å²) in [7, 11) is 1.76. The van der Waals surface area contributed by atoms with Crippen molar-refractivity contribution in [1.82, 2.24) is 20.4 Å². The Morgan fingerprint density at radius 1 is 1.17 bits per heavy atom. The first-order valence-electron chi connectivity index (χ1n) is 11.6. The van der Waals surface area contributed by atoms with Gasteiger partial charge >= 0.3 is 6.61 Å². The zero-order valence-corrected chi connectivity index (χ0v) is 19.7. The zero-order valence-electron chi connectivity index (χ0n) is 19.7. The summed E-state index contributed by atoms with van der Waals surface area (Å²) < 4.78 is 29.0.